The van der Waals surface area contributed by atoms with Gasteiger partial charge < -0.3 is 15.0 Å². The van der Waals surface area contributed by atoms with E-state index in [2.05, 4.69) is 5.32 Å². The molecule has 2 rings (SSSR count). The van der Waals surface area contributed by atoms with Crippen LogP contribution in [0.1, 0.15) is 18.4 Å². The Morgan fingerprint density at radius 2 is 2.17 bits per heavy atom. The van der Waals surface area contributed by atoms with Crippen molar-refractivity contribution in [3.63, 3.8) is 0 Å². The Morgan fingerprint density at radius 3 is 2.83 bits per heavy atom. The number of benzene rings is 1. The van der Waals surface area contributed by atoms with Gasteiger partial charge in [0.15, 0.2) is 6.61 Å². The lowest BCUT2D eigenvalue weighted by molar-refractivity contribution is -0.137. The number of piperidine rings is 1. The first-order valence-electron chi connectivity index (χ1n) is 7.62. The van der Waals surface area contributed by atoms with Gasteiger partial charge in [0.2, 0.25) is 0 Å². The van der Waals surface area contributed by atoms with Gasteiger partial charge in [0.05, 0.1) is 5.56 Å². The molecule has 1 heterocycles. The summed E-state index contributed by atoms with van der Waals surface area (Å²) in [7, 11) is 1.87. The van der Waals surface area contributed by atoms with Crippen LogP contribution in [0.2, 0.25) is 0 Å². The molecule has 1 amide bonds. The normalized spacial score (nSPS) is 18.0. The second-order valence-electron chi connectivity index (χ2n) is 5.72. The Balaban J connectivity index is 0.00000288. The van der Waals surface area contributed by atoms with Crippen LogP contribution < -0.4 is 10.1 Å². The van der Waals surface area contributed by atoms with E-state index in [1.165, 1.54) is 12.1 Å². The number of nitrogens with zero attached hydrogens (tertiary/aromatic N) is 1. The van der Waals surface area contributed by atoms with Crippen LogP contribution in [0.3, 0.4) is 0 Å². The molecule has 0 bridgehead atoms. The molecule has 1 N–H and O–H groups in total. The van der Waals surface area contributed by atoms with Crippen LogP contribution in [0.4, 0.5) is 13.2 Å². The summed E-state index contributed by atoms with van der Waals surface area (Å²) in [5.74, 6) is 0.270. The van der Waals surface area contributed by atoms with Crippen LogP contribution in [0.25, 0.3) is 0 Å². The highest BCUT2D eigenvalue weighted by Crippen LogP contribution is 2.31. The Bertz CT molecular complexity index is 538. The van der Waals surface area contributed by atoms with E-state index in [9.17, 15) is 18.0 Å². The minimum Gasteiger partial charge on any atom is -0.484 e. The summed E-state index contributed by atoms with van der Waals surface area (Å²) in [6.07, 6.45) is -2.42. The predicted molar refractivity (Wildman–Crippen MR) is 87.4 cm³/mol. The van der Waals surface area contributed by atoms with Crippen molar-refractivity contribution in [3.8, 4) is 5.75 Å². The van der Waals surface area contributed by atoms with Crippen LogP contribution >= 0.6 is 12.4 Å². The summed E-state index contributed by atoms with van der Waals surface area (Å²) >= 11 is 0. The second kappa shape index (κ2) is 9.13. The average Bonchev–Trinajstić information content (AvgIpc) is 2.53. The monoisotopic (exact) mass is 366 g/mol. The van der Waals surface area contributed by atoms with E-state index in [1.807, 2.05) is 7.05 Å². The molecule has 8 heteroatoms. The van der Waals surface area contributed by atoms with Gasteiger partial charge in [-0.2, -0.15) is 13.2 Å². The summed E-state index contributed by atoms with van der Waals surface area (Å²) in [6, 6.07) is 4.57. The molecule has 1 aliphatic heterocycles. The number of amides is 1. The number of ether oxygens (including phenoxy) is 1. The Kier molecular flexibility index (Phi) is 7.83. The molecule has 0 aliphatic carbocycles. The smallest absolute Gasteiger partial charge is 0.416 e. The van der Waals surface area contributed by atoms with Crippen molar-refractivity contribution in [2.75, 3.05) is 33.3 Å². The van der Waals surface area contributed by atoms with Crippen molar-refractivity contribution in [1.82, 2.24) is 10.2 Å². The lowest BCUT2D eigenvalue weighted by Gasteiger charge is -2.32. The van der Waals surface area contributed by atoms with E-state index in [4.69, 9.17) is 4.74 Å². The number of rotatable bonds is 5. The van der Waals surface area contributed by atoms with Crippen LogP contribution in [-0.4, -0.2) is 44.1 Å². The van der Waals surface area contributed by atoms with Gasteiger partial charge in [-0.25, -0.2) is 0 Å². The Labute approximate surface area is 145 Å². The third-order valence-electron chi connectivity index (χ3n) is 3.89. The summed E-state index contributed by atoms with van der Waals surface area (Å²) in [4.78, 5) is 13.9. The molecule has 1 aromatic carbocycles. The second-order valence-corrected chi connectivity index (χ2v) is 5.72. The number of likely N-dealkylation sites (tertiary alicyclic amines) is 1. The van der Waals surface area contributed by atoms with Gasteiger partial charge in [-0.1, -0.05) is 6.07 Å². The number of alkyl halides is 3. The van der Waals surface area contributed by atoms with Gasteiger partial charge in [-0.3, -0.25) is 4.79 Å². The molecule has 24 heavy (non-hydrogen) atoms. The molecule has 0 radical (unpaired) electrons. The van der Waals surface area contributed by atoms with Gasteiger partial charge in [-0.05, 0) is 50.6 Å². The minimum absolute atomic E-state index is 0. The van der Waals surface area contributed by atoms with E-state index in [1.54, 1.807) is 4.90 Å². The highest BCUT2D eigenvalue weighted by atomic mass is 35.5. The molecule has 1 atom stereocenters. The standard InChI is InChI=1S/C16H21F3N2O2.ClH/c1-20-9-12-4-3-7-21(10-12)15(22)11-23-14-6-2-5-13(8-14)16(17,18)19;/h2,5-6,8,12,20H,3-4,7,9-11H2,1H3;1H. The number of carbonyl (C=O) groups excluding carboxylic acids is 1. The van der Waals surface area contributed by atoms with Crippen molar-refractivity contribution >= 4 is 18.3 Å². The van der Waals surface area contributed by atoms with Gasteiger partial charge in [0.1, 0.15) is 5.75 Å². The fraction of sp³-hybridized carbons (Fsp3) is 0.562. The molecule has 0 aromatic heterocycles. The lowest BCUT2D eigenvalue weighted by atomic mass is 9.98. The van der Waals surface area contributed by atoms with Crippen LogP contribution in [0.15, 0.2) is 24.3 Å². The minimum atomic E-state index is -4.42. The van der Waals surface area contributed by atoms with Crippen molar-refractivity contribution < 1.29 is 22.7 Å². The molecule has 136 valence electrons. The summed E-state index contributed by atoms with van der Waals surface area (Å²) in [5, 5.41) is 3.10. The molecule has 1 unspecified atom stereocenters. The van der Waals surface area contributed by atoms with Crippen LogP contribution in [-0.2, 0) is 11.0 Å². The fourth-order valence-electron chi connectivity index (χ4n) is 2.75. The molecule has 1 aliphatic rings. The maximum absolute atomic E-state index is 12.6. The third kappa shape index (κ3) is 5.87. The molecular formula is C16H22ClF3N2O2. The molecule has 0 saturated carbocycles. The summed E-state index contributed by atoms with van der Waals surface area (Å²) in [5.41, 5.74) is -0.783. The number of halogens is 4. The van der Waals surface area contributed by atoms with E-state index in [0.717, 1.165) is 31.5 Å². The summed E-state index contributed by atoms with van der Waals surface area (Å²) < 4.78 is 43.2. The van der Waals surface area contributed by atoms with Gasteiger partial charge in [-0.15, -0.1) is 12.4 Å². The van der Waals surface area contributed by atoms with Gasteiger partial charge in [0, 0.05) is 13.1 Å². The zero-order chi connectivity index (χ0) is 16.9. The van der Waals surface area contributed by atoms with Gasteiger partial charge in [0.25, 0.3) is 5.91 Å². The zero-order valence-corrected chi connectivity index (χ0v) is 14.3. The molecular weight excluding hydrogens is 345 g/mol. The maximum Gasteiger partial charge on any atom is 0.416 e. The number of hydrogen-bond acceptors (Lipinski definition) is 3. The zero-order valence-electron chi connectivity index (χ0n) is 13.4. The van der Waals surface area contributed by atoms with Crippen molar-refractivity contribution in [2.24, 2.45) is 5.92 Å². The van der Waals surface area contributed by atoms with E-state index in [0.29, 0.717) is 19.0 Å². The SMILES string of the molecule is CNCC1CCCN(C(=O)COc2cccc(C(F)(F)F)c2)C1.Cl. The summed E-state index contributed by atoms with van der Waals surface area (Å²) in [6.45, 7) is 1.93. The van der Waals surface area contributed by atoms with E-state index < -0.39 is 11.7 Å². The third-order valence-corrected chi connectivity index (χ3v) is 3.89. The maximum atomic E-state index is 12.6. The van der Waals surface area contributed by atoms with Crippen molar-refractivity contribution in [3.05, 3.63) is 29.8 Å². The van der Waals surface area contributed by atoms with E-state index in [-0.39, 0.29) is 30.7 Å². The highest BCUT2D eigenvalue weighted by Gasteiger charge is 2.30. The highest BCUT2D eigenvalue weighted by molar-refractivity contribution is 5.85. The molecule has 0 spiro atoms. The van der Waals surface area contributed by atoms with Crippen LogP contribution in [0, 0.1) is 5.92 Å². The Hall–Kier alpha value is -1.47. The first-order chi connectivity index (χ1) is 10.9. The van der Waals surface area contributed by atoms with E-state index >= 15 is 0 Å². The fourth-order valence-corrected chi connectivity index (χ4v) is 2.75. The molecule has 1 aromatic rings. The Morgan fingerprint density at radius 1 is 1.42 bits per heavy atom. The molecule has 1 fully saturated rings. The first kappa shape index (κ1) is 20.6. The largest absolute Gasteiger partial charge is 0.484 e. The number of hydrogen-bond donors (Lipinski definition) is 1. The lowest BCUT2D eigenvalue weighted by Crippen LogP contribution is -2.44. The van der Waals surface area contributed by atoms with Gasteiger partial charge >= 0.3 is 6.18 Å². The molecule has 4 nitrogen and oxygen atoms in total. The van der Waals surface area contributed by atoms with Crippen molar-refractivity contribution in [2.45, 2.75) is 19.0 Å². The number of carbonyl (C=O) groups is 1. The predicted octanol–water partition coefficient (Wildman–Crippen LogP) is 2.96. The van der Waals surface area contributed by atoms with Crippen LogP contribution in [0.5, 0.6) is 5.75 Å². The topological polar surface area (TPSA) is 41.6 Å². The average molecular weight is 367 g/mol. The van der Waals surface area contributed by atoms with Crippen molar-refractivity contribution in [1.29, 1.82) is 0 Å². The first-order valence-corrected chi connectivity index (χ1v) is 7.62. The number of nitrogens with one attached hydrogen (secondary N) is 1. The molecule has 1 saturated heterocycles. The quantitative estimate of drug-likeness (QED) is 0.871.